The second kappa shape index (κ2) is 3.80. The Morgan fingerprint density at radius 1 is 1.14 bits per heavy atom. The van der Waals surface area contributed by atoms with Crippen LogP contribution in [0.4, 0.5) is 0 Å². The van der Waals surface area contributed by atoms with Crippen molar-refractivity contribution in [2.45, 2.75) is 56.1 Å². The summed E-state index contributed by atoms with van der Waals surface area (Å²) in [6, 6.07) is 0. The third-order valence-electron chi connectivity index (χ3n) is 3.76. The van der Waals surface area contributed by atoms with Gasteiger partial charge in [-0.3, -0.25) is 0 Å². The predicted molar refractivity (Wildman–Crippen MR) is 55.0 cm³/mol. The van der Waals surface area contributed by atoms with Gasteiger partial charge in [0.1, 0.15) is 0 Å². The summed E-state index contributed by atoms with van der Waals surface area (Å²) in [7, 11) is 0. The Morgan fingerprint density at radius 3 is 2.50 bits per heavy atom. The van der Waals surface area contributed by atoms with Crippen LogP contribution >= 0.6 is 0 Å². The molecule has 1 aliphatic heterocycles. The van der Waals surface area contributed by atoms with Crippen LogP contribution in [0, 0.1) is 0 Å². The first-order chi connectivity index (χ1) is 6.68. The van der Waals surface area contributed by atoms with Gasteiger partial charge in [-0.05, 0) is 25.7 Å². The zero-order chi connectivity index (χ0) is 10.1. The van der Waals surface area contributed by atoms with Crippen LogP contribution in [-0.2, 0) is 4.74 Å². The van der Waals surface area contributed by atoms with Gasteiger partial charge >= 0.3 is 0 Å². The Hall–Kier alpha value is -0.120. The lowest BCUT2D eigenvalue weighted by Gasteiger charge is -2.47. The Morgan fingerprint density at radius 2 is 1.86 bits per heavy atom. The first-order valence-corrected chi connectivity index (χ1v) is 5.72. The minimum absolute atomic E-state index is 0.00792. The molecule has 14 heavy (non-hydrogen) atoms. The summed E-state index contributed by atoms with van der Waals surface area (Å²) in [4.78, 5) is 0. The molecule has 1 saturated carbocycles. The topological polar surface area (TPSA) is 55.5 Å². The zero-order valence-electron chi connectivity index (χ0n) is 8.80. The molecule has 1 unspecified atom stereocenters. The van der Waals surface area contributed by atoms with Gasteiger partial charge in [-0.2, -0.15) is 0 Å². The van der Waals surface area contributed by atoms with E-state index in [1.165, 1.54) is 19.3 Å². The highest BCUT2D eigenvalue weighted by Crippen LogP contribution is 2.41. The van der Waals surface area contributed by atoms with Crippen molar-refractivity contribution in [1.29, 1.82) is 0 Å². The van der Waals surface area contributed by atoms with Crippen molar-refractivity contribution in [3.63, 3.8) is 0 Å². The molecule has 3 N–H and O–H groups in total. The third-order valence-corrected chi connectivity index (χ3v) is 3.76. The van der Waals surface area contributed by atoms with Crippen LogP contribution in [0.3, 0.4) is 0 Å². The van der Waals surface area contributed by atoms with E-state index in [1.807, 2.05) is 0 Å². The molecule has 0 aromatic rings. The van der Waals surface area contributed by atoms with Crippen molar-refractivity contribution in [2.75, 3.05) is 13.2 Å². The standard InChI is InChI=1S/C11H21NO2/c12-10(9-13)6-7-14-11(8-10)4-2-1-3-5-11/h13H,1-9,12H2. The van der Waals surface area contributed by atoms with Gasteiger partial charge in [0.2, 0.25) is 0 Å². The molecule has 2 rings (SSSR count). The van der Waals surface area contributed by atoms with Gasteiger partial charge in [-0.15, -0.1) is 0 Å². The monoisotopic (exact) mass is 199 g/mol. The predicted octanol–water partition coefficient (Wildman–Crippen LogP) is 1.19. The molecule has 1 atom stereocenters. The number of hydrogen-bond donors (Lipinski definition) is 2. The van der Waals surface area contributed by atoms with Gasteiger partial charge in [-0.1, -0.05) is 19.3 Å². The van der Waals surface area contributed by atoms with E-state index in [4.69, 9.17) is 10.5 Å². The summed E-state index contributed by atoms with van der Waals surface area (Å²) in [6.07, 6.45) is 7.73. The van der Waals surface area contributed by atoms with E-state index in [9.17, 15) is 5.11 Å². The quantitative estimate of drug-likeness (QED) is 0.667. The first kappa shape index (κ1) is 10.4. The number of ether oxygens (including phenoxy) is 1. The summed E-state index contributed by atoms with van der Waals surface area (Å²) in [5, 5.41) is 9.28. The highest BCUT2D eigenvalue weighted by molar-refractivity contribution is 4.99. The van der Waals surface area contributed by atoms with Gasteiger partial charge in [-0.25, -0.2) is 0 Å². The van der Waals surface area contributed by atoms with Crippen molar-refractivity contribution in [1.82, 2.24) is 0 Å². The van der Waals surface area contributed by atoms with Crippen molar-refractivity contribution < 1.29 is 9.84 Å². The zero-order valence-corrected chi connectivity index (χ0v) is 8.80. The van der Waals surface area contributed by atoms with E-state index in [0.29, 0.717) is 0 Å². The fourth-order valence-electron chi connectivity index (χ4n) is 2.90. The second-order valence-corrected chi connectivity index (χ2v) is 5.04. The normalized spacial score (nSPS) is 37.3. The molecule has 1 aliphatic carbocycles. The van der Waals surface area contributed by atoms with Crippen LogP contribution < -0.4 is 5.73 Å². The molecule has 2 fully saturated rings. The number of aliphatic hydroxyl groups excluding tert-OH is 1. The minimum Gasteiger partial charge on any atom is -0.394 e. The molecule has 3 nitrogen and oxygen atoms in total. The van der Waals surface area contributed by atoms with Crippen LogP contribution in [0.1, 0.15) is 44.9 Å². The molecule has 2 aliphatic rings. The first-order valence-electron chi connectivity index (χ1n) is 5.72. The van der Waals surface area contributed by atoms with E-state index in [0.717, 1.165) is 32.3 Å². The van der Waals surface area contributed by atoms with Gasteiger partial charge < -0.3 is 15.6 Å². The largest absolute Gasteiger partial charge is 0.394 e. The van der Waals surface area contributed by atoms with Gasteiger partial charge in [0.15, 0.2) is 0 Å². The molecule has 0 aromatic carbocycles. The van der Waals surface area contributed by atoms with E-state index in [-0.39, 0.29) is 17.7 Å². The molecular weight excluding hydrogens is 178 g/mol. The average molecular weight is 199 g/mol. The SMILES string of the molecule is NC1(CO)CCOC2(CCCCC2)C1. The van der Waals surface area contributed by atoms with Crippen LogP contribution in [0.25, 0.3) is 0 Å². The molecule has 1 saturated heterocycles. The van der Waals surface area contributed by atoms with Crippen molar-refractivity contribution in [2.24, 2.45) is 5.73 Å². The van der Waals surface area contributed by atoms with Crippen molar-refractivity contribution in [3.8, 4) is 0 Å². The van der Waals surface area contributed by atoms with Gasteiger partial charge in [0, 0.05) is 12.1 Å². The van der Waals surface area contributed by atoms with E-state index in [2.05, 4.69) is 0 Å². The number of hydrogen-bond acceptors (Lipinski definition) is 3. The van der Waals surface area contributed by atoms with Crippen LogP contribution in [0.15, 0.2) is 0 Å². The highest BCUT2D eigenvalue weighted by atomic mass is 16.5. The molecule has 82 valence electrons. The fourth-order valence-corrected chi connectivity index (χ4v) is 2.90. The van der Waals surface area contributed by atoms with Gasteiger partial charge in [0.25, 0.3) is 0 Å². The van der Waals surface area contributed by atoms with Crippen LogP contribution in [-0.4, -0.2) is 29.5 Å². The third kappa shape index (κ3) is 1.95. The lowest BCUT2D eigenvalue weighted by molar-refractivity contribution is -0.129. The van der Waals surface area contributed by atoms with E-state index < -0.39 is 0 Å². The average Bonchev–Trinajstić information content (AvgIpc) is 2.19. The Balaban J connectivity index is 2.04. The number of rotatable bonds is 1. The lowest BCUT2D eigenvalue weighted by Crippen LogP contribution is -2.56. The summed E-state index contributed by atoms with van der Waals surface area (Å²) in [5.41, 5.74) is 5.76. The summed E-state index contributed by atoms with van der Waals surface area (Å²) < 4.78 is 5.91. The molecular formula is C11H21NO2. The maximum atomic E-state index is 9.28. The summed E-state index contributed by atoms with van der Waals surface area (Å²) in [5.74, 6) is 0. The molecule has 0 radical (unpaired) electrons. The van der Waals surface area contributed by atoms with Gasteiger partial charge in [0.05, 0.1) is 12.2 Å². The molecule has 1 spiro atoms. The smallest absolute Gasteiger partial charge is 0.0701 e. The molecule has 0 bridgehead atoms. The fraction of sp³-hybridized carbons (Fsp3) is 1.00. The van der Waals surface area contributed by atoms with Crippen molar-refractivity contribution in [3.05, 3.63) is 0 Å². The summed E-state index contributed by atoms with van der Waals surface area (Å²) in [6.45, 7) is 0.815. The molecule has 3 heteroatoms. The molecule has 0 amide bonds. The van der Waals surface area contributed by atoms with E-state index in [1.54, 1.807) is 0 Å². The number of aliphatic hydroxyl groups is 1. The Bertz CT molecular complexity index is 196. The second-order valence-electron chi connectivity index (χ2n) is 5.04. The lowest BCUT2D eigenvalue weighted by atomic mass is 9.73. The molecule has 1 heterocycles. The maximum absolute atomic E-state index is 9.28. The van der Waals surface area contributed by atoms with Crippen LogP contribution in [0.2, 0.25) is 0 Å². The van der Waals surface area contributed by atoms with Crippen molar-refractivity contribution >= 4 is 0 Å². The molecule has 0 aromatic heterocycles. The maximum Gasteiger partial charge on any atom is 0.0701 e. The Labute approximate surface area is 85.6 Å². The Kier molecular flexibility index (Phi) is 2.82. The minimum atomic E-state index is -0.379. The highest BCUT2D eigenvalue weighted by Gasteiger charge is 2.43. The van der Waals surface area contributed by atoms with Crippen LogP contribution in [0.5, 0.6) is 0 Å². The summed E-state index contributed by atoms with van der Waals surface area (Å²) >= 11 is 0. The van der Waals surface area contributed by atoms with E-state index >= 15 is 0 Å². The number of nitrogens with two attached hydrogens (primary N) is 1.